The summed E-state index contributed by atoms with van der Waals surface area (Å²) in [7, 11) is 0. The first-order valence-corrected chi connectivity index (χ1v) is 4.34. The van der Waals surface area contributed by atoms with Crippen molar-refractivity contribution in [2.75, 3.05) is 19.5 Å². The van der Waals surface area contributed by atoms with E-state index in [4.69, 9.17) is 0 Å². The molecule has 13 heavy (non-hydrogen) atoms. The van der Waals surface area contributed by atoms with Crippen LogP contribution >= 0.6 is 0 Å². The molecule has 1 rings (SSSR count). The summed E-state index contributed by atoms with van der Waals surface area (Å²) in [6, 6.07) is 0. The van der Waals surface area contributed by atoms with Crippen molar-refractivity contribution >= 4 is 6.98 Å². The van der Waals surface area contributed by atoms with Crippen LogP contribution < -0.4 is 0 Å². The number of halogens is 3. The molecule has 1 aliphatic heterocycles. The minimum absolute atomic E-state index is 0.0225. The SMILES string of the molecule is CC(C)(O)C1CN(C[B-](F)(F)F)C1. The van der Waals surface area contributed by atoms with Gasteiger partial charge in [0.2, 0.25) is 0 Å². The van der Waals surface area contributed by atoms with Gasteiger partial charge in [-0.1, -0.05) is 0 Å². The van der Waals surface area contributed by atoms with Crippen molar-refractivity contribution in [3.05, 3.63) is 0 Å². The minimum Gasteiger partial charge on any atom is -0.448 e. The molecule has 78 valence electrons. The molecule has 1 N–H and O–H groups in total. The van der Waals surface area contributed by atoms with E-state index in [-0.39, 0.29) is 5.92 Å². The summed E-state index contributed by atoms with van der Waals surface area (Å²) in [5.74, 6) is -0.0225. The molecule has 1 fully saturated rings. The van der Waals surface area contributed by atoms with Crippen LogP contribution in [-0.4, -0.2) is 42.1 Å². The van der Waals surface area contributed by atoms with E-state index in [9.17, 15) is 18.1 Å². The summed E-state index contributed by atoms with van der Waals surface area (Å²) in [5.41, 5.74) is -0.852. The van der Waals surface area contributed by atoms with Crippen molar-refractivity contribution in [2.45, 2.75) is 19.4 Å². The Balaban J connectivity index is 2.27. The van der Waals surface area contributed by atoms with E-state index < -0.39 is 19.0 Å². The Morgan fingerprint density at radius 3 is 2.15 bits per heavy atom. The molecule has 6 heteroatoms. The zero-order valence-corrected chi connectivity index (χ0v) is 7.80. The second-order valence-electron chi connectivity index (χ2n) is 4.28. The molecule has 0 aromatic heterocycles. The molecular weight excluding hydrogens is 182 g/mol. The highest BCUT2D eigenvalue weighted by Gasteiger charge is 2.40. The predicted molar refractivity (Wildman–Crippen MR) is 45.3 cm³/mol. The van der Waals surface area contributed by atoms with Crippen LogP contribution in [0.2, 0.25) is 0 Å². The smallest absolute Gasteiger partial charge is 0.448 e. The van der Waals surface area contributed by atoms with Gasteiger partial charge in [0.15, 0.2) is 0 Å². The third-order valence-corrected chi connectivity index (χ3v) is 2.42. The molecule has 0 unspecified atom stereocenters. The molecule has 0 aliphatic carbocycles. The van der Waals surface area contributed by atoms with Crippen molar-refractivity contribution in [3.8, 4) is 0 Å². The van der Waals surface area contributed by atoms with Crippen LogP contribution in [0, 0.1) is 5.92 Å². The number of aliphatic hydroxyl groups is 1. The Bertz CT molecular complexity index is 183. The Kier molecular flexibility index (Phi) is 2.64. The average Bonchev–Trinajstić information content (AvgIpc) is 1.71. The first-order chi connectivity index (χ1) is 5.68. The van der Waals surface area contributed by atoms with Crippen LogP contribution in [0.15, 0.2) is 0 Å². The molecule has 0 amide bonds. The summed E-state index contributed by atoms with van der Waals surface area (Å²) in [5, 5.41) is 9.45. The van der Waals surface area contributed by atoms with Gasteiger partial charge in [0.25, 0.3) is 0 Å². The number of hydrogen-bond acceptors (Lipinski definition) is 2. The van der Waals surface area contributed by atoms with E-state index in [2.05, 4.69) is 0 Å². The fourth-order valence-corrected chi connectivity index (χ4v) is 1.46. The Labute approximate surface area is 75.8 Å². The maximum absolute atomic E-state index is 11.9. The van der Waals surface area contributed by atoms with Crippen LogP contribution in [0.5, 0.6) is 0 Å². The van der Waals surface area contributed by atoms with Gasteiger partial charge in [-0.2, -0.15) is 0 Å². The normalized spacial score (nSPS) is 21.7. The third-order valence-electron chi connectivity index (χ3n) is 2.42. The molecule has 0 atom stereocenters. The van der Waals surface area contributed by atoms with Gasteiger partial charge in [0.1, 0.15) is 0 Å². The molecule has 0 aromatic rings. The monoisotopic (exact) mass is 196 g/mol. The second-order valence-corrected chi connectivity index (χ2v) is 4.28. The standard InChI is InChI=1S/C7H14BF3NO/c1-7(2,13)6-3-12(4-6)5-8(9,10)11/h6,13H,3-5H2,1-2H3/q-1. The maximum Gasteiger partial charge on any atom is 0.492 e. The number of nitrogens with zero attached hydrogens (tertiary/aromatic N) is 1. The fraction of sp³-hybridized carbons (Fsp3) is 1.00. The van der Waals surface area contributed by atoms with Crippen LogP contribution in [-0.2, 0) is 0 Å². The van der Waals surface area contributed by atoms with E-state index in [1.807, 2.05) is 0 Å². The minimum atomic E-state index is -4.71. The lowest BCUT2D eigenvalue weighted by atomic mass is 9.81. The topological polar surface area (TPSA) is 23.5 Å². The average molecular weight is 196 g/mol. The van der Waals surface area contributed by atoms with Gasteiger partial charge in [-0.15, -0.1) is 0 Å². The summed E-state index contributed by atoms with van der Waals surface area (Å²) in [6.07, 6.45) is -0.799. The van der Waals surface area contributed by atoms with Crippen LogP contribution in [0.1, 0.15) is 13.8 Å². The van der Waals surface area contributed by atoms with Crippen molar-refractivity contribution in [1.82, 2.24) is 4.90 Å². The number of likely N-dealkylation sites (tertiary alicyclic amines) is 1. The van der Waals surface area contributed by atoms with Crippen molar-refractivity contribution in [3.63, 3.8) is 0 Å². The molecule has 0 spiro atoms. The highest BCUT2D eigenvalue weighted by molar-refractivity contribution is 6.58. The molecule has 0 saturated carbocycles. The summed E-state index contributed by atoms with van der Waals surface area (Å²) in [4.78, 5) is 1.32. The van der Waals surface area contributed by atoms with Crippen LogP contribution in [0.4, 0.5) is 12.9 Å². The van der Waals surface area contributed by atoms with Gasteiger partial charge in [-0.3, -0.25) is 0 Å². The van der Waals surface area contributed by atoms with E-state index in [0.29, 0.717) is 13.1 Å². The van der Waals surface area contributed by atoms with Gasteiger partial charge in [0, 0.05) is 19.0 Å². The largest absolute Gasteiger partial charge is 0.492 e. The van der Waals surface area contributed by atoms with Crippen molar-refractivity contribution < 1.29 is 18.1 Å². The zero-order valence-electron chi connectivity index (χ0n) is 7.80. The second kappa shape index (κ2) is 3.17. The van der Waals surface area contributed by atoms with Gasteiger partial charge in [-0.25, -0.2) is 0 Å². The van der Waals surface area contributed by atoms with Gasteiger partial charge < -0.3 is 23.0 Å². The third kappa shape index (κ3) is 3.19. The molecule has 2 nitrogen and oxygen atoms in total. The quantitative estimate of drug-likeness (QED) is 0.682. The lowest BCUT2D eigenvalue weighted by Crippen LogP contribution is -2.58. The van der Waals surface area contributed by atoms with E-state index in [0.717, 1.165) is 0 Å². The summed E-state index contributed by atoms with van der Waals surface area (Å²) >= 11 is 0. The lowest BCUT2D eigenvalue weighted by Gasteiger charge is -2.47. The lowest BCUT2D eigenvalue weighted by molar-refractivity contribution is -0.0581. The number of hydrogen-bond donors (Lipinski definition) is 1. The Hall–Kier alpha value is -0.225. The summed E-state index contributed by atoms with van der Waals surface area (Å²) < 4.78 is 35.7. The Morgan fingerprint density at radius 2 is 1.85 bits per heavy atom. The highest BCUT2D eigenvalue weighted by Crippen LogP contribution is 2.28. The van der Waals surface area contributed by atoms with Gasteiger partial charge in [-0.05, 0) is 20.3 Å². The molecule has 0 aromatic carbocycles. The van der Waals surface area contributed by atoms with Gasteiger partial charge >= 0.3 is 6.98 Å². The van der Waals surface area contributed by atoms with E-state index in [1.165, 1.54) is 4.90 Å². The van der Waals surface area contributed by atoms with E-state index >= 15 is 0 Å². The molecule has 1 aliphatic rings. The zero-order chi connectivity index (χ0) is 10.3. The van der Waals surface area contributed by atoms with Crippen molar-refractivity contribution in [1.29, 1.82) is 0 Å². The van der Waals surface area contributed by atoms with Crippen LogP contribution in [0.3, 0.4) is 0 Å². The molecule has 1 heterocycles. The molecule has 1 saturated heterocycles. The summed E-state index contributed by atoms with van der Waals surface area (Å²) in [6.45, 7) is -0.743. The molecule has 0 radical (unpaired) electrons. The van der Waals surface area contributed by atoms with Crippen LogP contribution in [0.25, 0.3) is 0 Å². The highest BCUT2D eigenvalue weighted by atomic mass is 19.4. The fourth-order valence-electron chi connectivity index (χ4n) is 1.46. The molecular formula is C7H14BF3NO-. The first-order valence-electron chi connectivity index (χ1n) is 4.34. The predicted octanol–water partition coefficient (Wildman–Crippen LogP) is 1.08. The Morgan fingerprint density at radius 1 is 1.38 bits per heavy atom. The van der Waals surface area contributed by atoms with E-state index in [1.54, 1.807) is 13.8 Å². The van der Waals surface area contributed by atoms with Gasteiger partial charge in [0.05, 0.1) is 5.60 Å². The number of rotatable bonds is 3. The maximum atomic E-state index is 11.9. The van der Waals surface area contributed by atoms with Crippen molar-refractivity contribution in [2.24, 2.45) is 5.92 Å². The first kappa shape index (κ1) is 10.9. The molecule has 0 bridgehead atoms.